The third kappa shape index (κ3) is 3.78. The van der Waals surface area contributed by atoms with Gasteiger partial charge in [0.05, 0.1) is 5.97 Å². The topological polar surface area (TPSA) is 57.2 Å². The smallest absolute Gasteiger partial charge is 0.158 e. The van der Waals surface area contributed by atoms with Crippen LogP contribution >= 0.6 is 0 Å². The van der Waals surface area contributed by atoms with Gasteiger partial charge in [-0.1, -0.05) is 49.6 Å². The van der Waals surface area contributed by atoms with Gasteiger partial charge in [0.15, 0.2) is 5.78 Å². The maximum Gasteiger partial charge on any atom is 0.158 e. The summed E-state index contributed by atoms with van der Waals surface area (Å²) in [6.45, 7) is 0. The lowest BCUT2D eigenvalue weighted by Crippen LogP contribution is -2.21. The molecule has 0 radical (unpaired) electrons. The Hall–Kier alpha value is -1.90. The first-order valence-electron chi connectivity index (χ1n) is 6.70. The van der Waals surface area contributed by atoms with E-state index in [0.29, 0.717) is 0 Å². The second-order valence-corrected chi connectivity index (χ2v) is 4.98. The van der Waals surface area contributed by atoms with E-state index in [9.17, 15) is 14.7 Å². The van der Waals surface area contributed by atoms with Gasteiger partial charge in [-0.3, -0.25) is 4.79 Å². The minimum Gasteiger partial charge on any atom is -0.545 e. The van der Waals surface area contributed by atoms with E-state index in [0.717, 1.165) is 31.2 Å². The molecule has 0 unspecified atom stereocenters. The Kier molecular flexibility index (Phi) is 4.50. The third-order valence-electron chi connectivity index (χ3n) is 3.59. The van der Waals surface area contributed by atoms with E-state index in [4.69, 9.17) is 0 Å². The number of benzene rings is 1. The number of hydrogen-bond acceptors (Lipinski definition) is 3. The quantitative estimate of drug-likeness (QED) is 0.777. The molecule has 0 aliphatic heterocycles. The van der Waals surface area contributed by atoms with Crippen molar-refractivity contribution < 1.29 is 14.7 Å². The summed E-state index contributed by atoms with van der Waals surface area (Å²) >= 11 is 0. The fourth-order valence-electron chi connectivity index (χ4n) is 2.43. The molecule has 3 nitrogen and oxygen atoms in total. The minimum absolute atomic E-state index is 0.149. The molecule has 0 amide bonds. The van der Waals surface area contributed by atoms with E-state index in [1.807, 2.05) is 0 Å². The number of allylic oxidation sites excluding steroid dienone is 1. The van der Waals surface area contributed by atoms with E-state index in [1.54, 1.807) is 24.3 Å². The van der Waals surface area contributed by atoms with Crippen molar-refractivity contribution in [1.29, 1.82) is 0 Å². The number of hydrogen-bond donors (Lipinski definition) is 0. The monoisotopic (exact) mass is 257 g/mol. The van der Waals surface area contributed by atoms with Crippen LogP contribution in [0.3, 0.4) is 0 Å². The van der Waals surface area contributed by atoms with Crippen LogP contribution in [-0.2, 0) is 4.79 Å². The Bertz CT molecular complexity index is 479. The second-order valence-electron chi connectivity index (χ2n) is 4.98. The van der Waals surface area contributed by atoms with E-state index in [1.165, 1.54) is 18.6 Å². The van der Waals surface area contributed by atoms with Gasteiger partial charge in [-0.15, -0.1) is 0 Å². The number of carboxylic acid groups (broad SMARTS) is 1. The standard InChI is InChI=1S/C16H18O3/c17-15(13-4-2-1-3-5-13)11-8-12-6-9-14(10-7-12)16(18)19/h6-11,13H,1-5H2,(H,18,19)/p-1/b11-8+. The number of carbonyl (C=O) groups is 2. The van der Waals surface area contributed by atoms with E-state index >= 15 is 0 Å². The van der Waals surface area contributed by atoms with E-state index < -0.39 is 5.97 Å². The van der Waals surface area contributed by atoms with Crippen molar-refractivity contribution in [2.75, 3.05) is 0 Å². The molecule has 19 heavy (non-hydrogen) atoms. The van der Waals surface area contributed by atoms with Gasteiger partial charge in [-0.2, -0.15) is 0 Å². The summed E-state index contributed by atoms with van der Waals surface area (Å²) in [6.07, 6.45) is 8.87. The zero-order chi connectivity index (χ0) is 13.7. The fraction of sp³-hybridized carbons (Fsp3) is 0.375. The number of rotatable bonds is 4. The third-order valence-corrected chi connectivity index (χ3v) is 3.59. The molecule has 1 fully saturated rings. The first-order valence-corrected chi connectivity index (χ1v) is 6.70. The molecule has 0 bridgehead atoms. The lowest BCUT2D eigenvalue weighted by molar-refractivity contribution is -0.255. The summed E-state index contributed by atoms with van der Waals surface area (Å²) in [5.41, 5.74) is 0.977. The summed E-state index contributed by atoms with van der Waals surface area (Å²) in [6, 6.07) is 6.33. The zero-order valence-corrected chi connectivity index (χ0v) is 10.8. The minimum atomic E-state index is -1.19. The molecule has 1 aromatic rings. The van der Waals surface area contributed by atoms with Crippen LogP contribution in [0, 0.1) is 5.92 Å². The second kappa shape index (κ2) is 6.32. The van der Waals surface area contributed by atoms with Crippen LogP contribution in [0.4, 0.5) is 0 Å². The van der Waals surface area contributed by atoms with Crippen LogP contribution in [0.2, 0.25) is 0 Å². The summed E-state index contributed by atoms with van der Waals surface area (Å²) in [5.74, 6) is -0.829. The Labute approximate surface area is 113 Å². The zero-order valence-electron chi connectivity index (χ0n) is 10.8. The number of carbonyl (C=O) groups excluding carboxylic acids is 2. The van der Waals surface area contributed by atoms with Crippen LogP contribution in [0.5, 0.6) is 0 Å². The van der Waals surface area contributed by atoms with Gasteiger partial charge < -0.3 is 9.90 Å². The highest BCUT2D eigenvalue weighted by Gasteiger charge is 2.18. The van der Waals surface area contributed by atoms with Crippen LogP contribution in [-0.4, -0.2) is 11.8 Å². The first kappa shape index (κ1) is 13.5. The van der Waals surface area contributed by atoms with Crippen LogP contribution in [0.25, 0.3) is 6.08 Å². The van der Waals surface area contributed by atoms with Crippen LogP contribution < -0.4 is 5.11 Å². The van der Waals surface area contributed by atoms with Gasteiger partial charge in [0.25, 0.3) is 0 Å². The Morgan fingerprint density at radius 3 is 2.26 bits per heavy atom. The molecule has 0 N–H and O–H groups in total. The number of carboxylic acids is 1. The molecule has 3 heteroatoms. The van der Waals surface area contributed by atoms with Crippen molar-refractivity contribution in [2.45, 2.75) is 32.1 Å². The van der Waals surface area contributed by atoms with Gasteiger partial charge >= 0.3 is 0 Å². The van der Waals surface area contributed by atoms with E-state index in [2.05, 4.69) is 0 Å². The molecule has 1 aliphatic rings. The Morgan fingerprint density at radius 1 is 1.05 bits per heavy atom. The average Bonchev–Trinajstić information content (AvgIpc) is 2.46. The predicted octanol–water partition coefficient (Wildman–Crippen LogP) is 2.21. The molecule has 0 heterocycles. The molecule has 1 saturated carbocycles. The Morgan fingerprint density at radius 2 is 1.68 bits per heavy atom. The van der Waals surface area contributed by atoms with Crippen LogP contribution in [0.15, 0.2) is 30.3 Å². The number of aromatic carboxylic acids is 1. The highest BCUT2D eigenvalue weighted by atomic mass is 16.4. The van der Waals surface area contributed by atoms with Crippen molar-refractivity contribution in [3.63, 3.8) is 0 Å². The highest BCUT2D eigenvalue weighted by Crippen LogP contribution is 2.24. The first-order chi connectivity index (χ1) is 9.16. The van der Waals surface area contributed by atoms with Gasteiger partial charge in [-0.05, 0) is 30.0 Å². The van der Waals surface area contributed by atoms with E-state index in [-0.39, 0.29) is 17.3 Å². The summed E-state index contributed by atoms with van der Waals surface area (Å²) in [5, 5.41) is 10.6. The summed E-state index contributed by atoms with van der Waals surface area (Å²) in [7, 11) is 0. The van der Waals surface area contributed by atoms with Crippen LogP contribution in [0.1, 0.15) is 48.0 Å². The highest BCUT2D eigenvalue weighted by molar-refractivity contribution is 5.95. The van der Waals surface area contributed by atoms with Crippen molar-refractivity contribution in [1.82, 2.24) is 0 Å². The fourth-order valence-corrected chi connectivity index (χ4v) is 2.43. The molecular formula is C16H17O3-. The van der Waals surface area contributed by atoms with Gasteiger partial charge in [0, 0.05) is 5.92 Å². The molecule has 2 rings (SSSR count). The summed E-state index contributed by atoms with van der Waals surface area (Å²) in [4.78, 5) is 22.6. The average molecular weight is 257 g/mol. The molecule has 0 atom stereocenters. The molecule has 0 spiro atoms. The van der Waals surface area contributed by atoms with Crippen molar-refractivity contribution in [3.05, 3.63) is 41.5 Å². The lowest BCUT2D eigenvalue weighted by Gasteiger charge is -2.18. The van der Waals surface area contributed by atoms with Gasteiger partial charge in [-0.25, -0.2) is 0 Å². The van der Waals surface area contributed by atoms with Gasteiger partial charge in [0.1, 0.15) is 0 Å². The summed E-state index contributed by atoms with van der Waals surface area (Å²) < 4.78 is 0. The lowest BCUT2D eigenvalue weighted by atomic mass is 9.86. The van der Waals surface area contributed by atoms with Crippen molar-refractivity contribution >= 4 is 17.8 Å². The molecule has 1 aromatic carbocycles. The Balaban J connectivity index is 1.97. The SMILES string of the molecule is O=C([O-])c1ccc(/C=C/C(=O)C2CCCCC2)cc1. The normalized spacial score (nSPS) is 16.6. The van der Waals surface area contributed by atoms with Crippen molar-refractivity contribution in [2.24, 2.45) is 5.92 Å². The predicted molar refractivity (Wildman–Crippen MR) is 71.4 cm³/mol. The molecule has 100 valence electrons. The molecule has 1 aliphatic carbocycles. The maximum atomic E-state index is 12.0. The molecule has 0 saturated heterocycles. The molecule has 0 aromatic heterocycles. The maximum absolute atomic E-state index is 12.0. The molecular weight excluding hydrogens is 240 g/mol. The number of ketones is 1. The largest absolute Gasteiger partial charge is 0.545 e. The van der Waals surface area contributed by atoms with Gasteiger partial charge in [0.2, 0.25) is 0 Å². The van der Waals surface area contributed by atoms with Crippen molar-refractivity contribution in [3.8, 4) is 0 Å².